The summed E-state index contributed by atoms with van der Waals surface area (Å²) in [5.74, 6) is 0.697. The fourth-order valence-electron chi connectivity index (χ4n) is 3.37. The molecule has 2 atom stereocenters. The van der Waals surface area contributed by atoms with E-state index in [-0.39, 0.29) is 18.6 Å². The molecule has 0 aliphatic heterocycles. The van der Waals surface area contributed by atoms with Crippen molar-refractivity contribution in [3.8, 4) is 11.5 Å². The average Bonchev–Trinajstić information content (AvgIpc) is 3.04. The third-order valence-electron chi connectivity index (χ3n) is 4.70. The fourth-order valence-corrected chi connectivity index (χ4v) is 3.37. The smallest absolute Gasteiger partial charge is 0.255 e. The van der Waals surface area contributed by atoms with E-state index in [1.165, 1.54) is 39.2 Å². The molecular formula is C19H28N2O4. The van der Waals surface area contributed by atoms with Crippen LogP contribution >= 0.6 is 0 Å². The quantitative estimate of drug-likeness (QED) is 0.718. The van der Waals surface area contributed by atoms with Gasteiger partial charge in [0.1, 0.15) is 0 Å². The topological polar surface area (TPSA) is 90.6 Å². The summed E-state index contributed by atoms with van der Waals surface area (Å²) < 4.78 is 10.5. The van der Waals surface area contributed by atoms with Crippen molar-refractivity contribution >= 4 is 11.8 Å². The SMILES string of the molecule is CCCC[C@@H]1CCC[C@@H]1NC(=O)c1ccc(OCC(N)=O)c(OC)c1. The number of nitrogens with one attached hydrogen (secondary N) is 1. The van der Waals surface area contributed by atoms with Gasteiger partial charge in [-0.25, -0.2) is 0 Å². The van der Waals surface area contributed by atoms with Crippen LogP contribution in [-0.4, -0.2) is 31.6 Å². The predicted octanol–water partition coefficient (Wildman–Crippen LogP) is 2.65. The third-order valence-corrected chi connectivity index (χ3v) is 4.70. The first kappa shape index (κ1) is 19.1. The van der Waals surface area contributed by atoms with Crippen LogP contribution in [0.3, 0.4) is 0 Å². The van der Waals surface area contributed by atoms with Crippen molar-refractivity contribution in [3.05, 3.63) is 23.8 Å². The Balaban J connectivity index is 2.02. The van der Waals surface area contributed by atoms with E-state index in [1.807, 2.05) is 0 Å². The lowest BCUT2D eigenvalue weighted by Gasteiger charge is -2.21. The van der Waals surface area contributed by atoms with Gasteiger partial charge in [0.25, 0.3) is 11.8 Å². The van der Waals surface area contributed by atoms with Crippen LogP contribution in [0, 0.1) is 5.92 Å². The summed E-state index contributed by atoms with van der Waals surface area (Å²) in [6, 6.07) is 5.17. The van der Waals surface area contributed by atoms with E-state index in [9.17, 15) is 9.59 Å². The van der Waals surface area contributed by atoms with Crippen LogP contribution in [-0.2, 0) is 4.79 Å². The van der Waals surface area contributed by atoms with Gasteiger partial charge in [0.05, 0.1) is 7.11 Å². The van der Waals surface area contributed by atoms with Crippen LogP contribution in [0.2, 0.25) is 0 Å². The summed E-state index contributed by atoms with van der Waals surface area (Å²) in [4.78, 5) is 23.4. The number of hydrogen-bond donors (Lipinski definition) is 2. The van der Waals surface area contributed by atoms with Gasteiger partial charge in [0.15, 0.2) is 18.1 Å². The molecule has 1 fully saturated rings. The Bertz CT molecular complexity index is 603. The zero-order chi connectivity index (χ0) is 18.2. The standard InChI is InChI=1S/C19H28N2O4/c1-3-4-6-13-7-5-8-15(13)21-19(23)14-9-10-16(17(11-14)24-2)25-12-18(20)22/h9-11,13,15H,3-8,12H2,1-2H3,(H2,20,22)(H,21,23)/t13-,15+/m1/s1. The van der Waals surface area contributed by atoms with Gasteiger partial charge in [-0.05, 0) is 43.4 Å². The molecular weight excluding hydrogens is 320 g/mol. The molecule has 6 nitrogen and oxygen atoms in total. The van der Waals surface area contributed by atoms with Gasteiger partial charge in [0.2, 0.25) is 0 Å². The van der Waals surface area contributed by atoms with Crippen LogP contribution < -0.4 is 20.5 Å². The van der Waals surface area contributed by atoms with Crippen LogP contribution in [0.4, 0.5) is 0 Å². The van der Waals surface area contributed by atoms with Gasteiger partial charge >= 0.3 is 0 Å². The predicted molar refractivity (Wildman–Crippen MR) is 95.8 cm³/mol. The van der Waals surface area contributed by atoms with Crippen molar-refractivity contribution in [3.63, 3.8) is 0 Å². The molecule has 0 heterocycles. The van der Waals surface area contributed by atoms with Crippen molar-refractivity contribution in [2.75, 3.05) is 13.7 Å². The Morgan fingerprint density at radius 2 is 2.08 bits per heavy atom. The average molecular weight is 348 g/mol. The summed E-state index contributed by atoms with van der Waals surface area (Å²) in [6.07, 6.45) is 6.95. The molecule has 0 aromatic heterocycles. The second-order valence-corrected chi connectivity index (χ2v) is 6.53. The van der Waals surface area contributed by atoms with Gasteiger partial charge in [-0.2, -0.15) is 0 Å². The van der Waals surface area contributed by atoms with Crippen molar-refractivity contribution < 1.29 is 19.1 Å². The number of amides is 2. The highest BCUT2D eigenvalue weighted by atomic mass is 16.5. The molecule has 0 spiro atoms. The number of carbonyl (C=O) groups is 2. The first-order valence-electron chi connectivity index (χ1n) is 8.95. The molecule has 0 saturated heterocycles. The summed E-state index contributed by atoms with van der Waals surface area (Å²) in [6.45, 7) is 1.96. The maximum absolute atomic E-state index is 12.6. The second kappa shape index (κ2) is 9.30. The molecule has 6 heteroatoms. The maximum atomic E-state index is 12.6. The van der Waals surface area contributed by atoms with Crippen LogP contribution in [0.1, 0.15) is 55.8 Å². The minimum Gasteiger partial charge on any atom is -0.493 e. The van der Waals surface area contributed by atoms with E-state index in [0.29, 0.717) is 23.0 Å². The van der Waals surface area contributed by atoms with Crippen LogP contribution in [0.25, 0.3) is 0 Å². The molecule has 0 radical (unpaired) electrons. The lowest BCUT2D eigenvalue weighted by Crippen LogP contribution is -2.37. The van der Waals surface area contributed by atoms with E-state index < -0.39 is 5.91 Å². The Morgan fingerprint density at radius 1 is 1.28 bits per heavy atom. The van der Waals surface area contributed by atoms with Gasteiger partial charge in [-0.15, -0.1) is 0 Å². The number of rotatable bonds is 9. The number of benzene rings is 1. The molecule has 1 aromatic rings. The molecule has 3 N–H and O–H groups in total. The van der Waals surface area contributed by atoms with Crippen molar-refractivity contribution in [2.24, 2.45) is 11.7 Å². The molecule has 2 amide bonds. The second-order valence-electron chi connectivity index (χ2n) is 6.53. The summed E-state index contributed by atoms with van der Waals surface area (Å²) >= 11 is 0. The highest BCUT2D eigenvalue weighted by molar-refractivity contribution is 5.95. The molecule has 0 unspecified atom stereocenters. The van der Waals surface area contributed by atoms with E-state index in [0.717, 1.165) is 6.42 Å². The zero-order valence-corrected chi connectivity index (χ0v) is 15.0. The number of nitrogens with two attached hydrogens (primary N) is 1. The summed E-state index contributed by atoms with van der Waals surface area (Å²) in [5.41, 5.74) is 5.60. The molecule has 1 aliphatic rings. The summed E-state index contributed by atoms with van der Waals surface area (Å²) in [5, 5.41) is 3.17. The number of carbonyl (C=O) groups excluding carboxylic acids is 2. The Labute approximate surface area is 149 Å². The molecule has 1 saturated carbocycles. The van der Waals surface area contributed by atoms with Gasteiger partial charge in [-0.3, -0.25) is 9.59 Å². The monoisotopic (exact) mass is 348 g/mol. The Kier molecular flexibility index (Phi) is 7.10. The number of ether oxygens (including phenoxy) is 2. The minimum atomic E-state index is -0.566. The fraction of sp³-hybridized carbons (Fsp3) is 0.579. The highest BCUT2D eigenvalue weighted by Gasteiger charge is 2.28. The lowest BCUT2D eigenvalue weighted by molar-refractivity contribution is -0.119. The molecule has 2 rings (SSSR count). The number of unbranched alkanes of at least 4 members (excludes halogenated alkanes) is 1. The van der Waals surface area contributed by atoms with E-state index in [1.54, 1.807) is 18.2 Å². The number of methoxy groups -OCH3 is 1. The lowest BCUT2D eigenvalue weighted by atomic mass is 9.96. The van der Waals surface area contributed by atoms with E-state index in [4.69, 9.17) is 15.2 Å². The van der Waals surface area contributed by atoms with E-state index >= 15 is 0 Å². The largest absolute Gasteiger partial charge is 0.493 e. The number of hydrogen-bond acceptors (Lipinski definition) is 4. The Morgan fingerprint density at radius 3 is 2.76 bits per heavy atom. The molecule has 138 valence electrons. The highest BCUT2D eigenvalue weighted by Crippen LogP contribution is 2.31. The normalized spacial score (nSPS) is 19.4. The zero-order valence-electron chi connectivity index (χ0n) is 15.0. The van der Waals surface area contributed by atoms with Gasteiger partial charge in [-0.1, -0.05) is 26.2 Å². The van der Waals surface area contributed by atoms with Crippen molar-refractivity contribution in [1.29, 1.82) is 0 Å². The molecule has 0 bridgehead atoms. The van der Waals surface area contributed by atoms with Gasteiger partial charge < -0.3 is 20.5 Å². The van der Waals surface area contributed by atoms with E-state index in [2.05, 4.69) is 12.2 Å². The van der Waals surface area contributed by atoms with Crippen LogP contribution in [0.5, 0.6) is 11.5 Å². The summed E-state index contributed by atoms with van der Waals surface area (Å²) in [7, 11) is 1.49. The molecule has 1 aromatic carbocycles. The number of primary amides is 1. The molecule has 1 aliphatic carbocycles. The molecule has 25 heavy (non-hydrogen) atoms. The first-order chi connectivity index (χ1) is 12.0. The first-order valence-corrected chi connectivity index (χ1v) is 8.95. The maximum Gasteiger partial charge on any atom is 0.255 e. The van der Waals surface area contributed by atoms with Crippen molar-refractivity contribution in [1.82, 2.24) is 5.32 Å². The van der Waals surface area contributed by atoms with Crippen LogP contribution in [0.15, 0.2) is 18.2 Å². The van der Waals surface area contributed by atoms with Crippen molar-refractivity contribution in [2.45, 2.75) is 51.5 Å². The Hall–Kier alpha value is -2.24. The minimum absolute atomic E-state index is 0.104. The third kappa shape index (κ3) is 5.37. The van der Waals surface area contributed by atoms with Gasteiger partial charge in [0, 0.05) is 11.6 Å².